The van der Waals surface area contributed by atoms with Crippen molar-refractivity contribution in [3.8, 4) is 5.75 Å². The lowest BCUT2D eigenvalue weighted by molar-refractivity contribution is -0.118. The van der Waals surface area contributed by atoms with Gasteiger partial charge in [-0.3, -0.25) is 4.79 Å². The van der Waals surface area contributed by atoms with E-state index in [4.69, 9.17) is 4.74 Å². The molecular weight excluding hydrogens is 294 g/mol. The fraction of sp³-hybridized carbons (Fsp3) is 0.462. The third kappa shape index (κ3) is 4.16. The maximum atomic E-state index is 12.1. The van der Waals surface area contributed by atoms with Gasteiger partial charge in [0.1, 0.15) is 5.75 Å². The lowest BCUT2D eigenvalue weighted by Crippen LogP contribution is -2.32. The van der Waals surface area contributed by atoms with Crippen molar-refractivity contribution >= 4 is 21.6 Å². The monoisotopic (exact) mass is 313 g/mol. The number of hydrogen-bond donors (Lipinski definition) is 3. The average molecular weight is 313 g/mol. The Bertz CT molecular complexity index is 616. The van der Waals surface area contributed by atoms with Gasteiger partial charge < -0.3 is 15.4 Å². The Balaban J connectivity index is 2.03. The van der Waals surface area contributed by atoms with Crippen LogP contribution in [0.5, 0.6) is 5.75 Å². The summed E-state index contributed by atoms with van der Waals surface area (Å²) in [5, 5.41) is 5.70. The molecule has 0 aromatic heterocycles. The molecular formula is C13H19N3O4S. The Morgan fingerprint density at radius 2 is 2.10 bits per heavy atom. The smallest absolute Gasteiger partial charge is 0.262 e. The number of benzene rings is 1. The zero-order valence-electron chi connectivity index (χ0n) is 11.8. The van der Waals surface area contributed by atoms with E-state index in [0.29, 0.717) is 24.5 Å². The Morgan fingerprint density at radius 3 is 2.86 bits per heavy atom. The van der Waals surface area contributed by atoms with E-state index < -0.39 is 10.0 Å². The van der Waals surface area contributed by atoms with Crippen molar-refractivity contribution in [2.45, 2.75) is 18.2 Å². The summed E-state index contributed by atoms with van der Waals surface area (Å²) in [7, 11) is -3.60. The highest BCUT2D eigenvalue weighted by Crippen LogP contribution is 2.29. The standard InChI is InChI=1S/C13H19N3O4S/c1-2-5-14-6-7-15-21(18,19)10-3-4-12-11(8-10)16-13(17)9-20-12/h3-4,8,14-15H,2,5-7,9H2,1H3,(H,16,17). The molecule has 0 saturated heterocycles. The molecule has 0 unspecified atom stereocenters. The topological polar surface area (TPSA) is 96.5 Å². The molecule has 0 aliphatic carbocycles. The molecule has 0 bridgehead atoms. The molecule has 7 nitrogen and oxygen atoms in total. The van der Waals surface area contributed by atoms with Gasteiger partial charge in [0.05, 0.1) is 10.6 Å². The maximum absolute atomic E-state index is 12.1. The Hall–Kier alpha value is -1.64. The fourth-order valence-electron chi connectivity index (χ4n) is 1.89. The third-order valence-electron chi connectivity index (χ3n) is 2.91. The number of carbonyl (C=O) groups excluding carboxylic acids is 1. The van der Waals surface area contributed by atoms with Crippen LogP contribution >= 0.6 is 0 Å². The number of carbonyl (C=O) groups is 1. The second-order valence-electron chi connectivity index (χ2n) is 4.64. The van der Waals surface area contributed by atoms with Crippen LogP contribution in [-0.4, -0.2) is 40.6 Å². The molecule has 8 heteroatoms. The van der Waals surface area contributed by atoms with Crippen molar-refractivity contribution < 1.29 is 17.9 Å². The van der Waals surface area contributed by atoms with Gasteiger partial charge in [-0.25, -0.2) is 13.1 Å². The highest BCUT2D eigenvalue weighted by atomic mass is 32.2. The number of sulfonamides is 1. The van der Waals surface area contributed by atoms with Crippen LogP contribution in [0.25, 0.3) is 0 Å². The predicted octanol–water partition coefficient (Wildman–Crippen LogP) is 0.295. The first-order valence-corrected chi connectivity index (χ1v) is 8.28. The molecule has 0 radical (unpaired) electrons. The summed E-state index contributed by atoms with van der Waals surface area (Å²) in [6.07, 6.45) is 0.997. The van der Waals surface area contributed by atoms with Crippen molar-refractivity contribution in [1.82, 2.24) is 10.0 Å². The molecule has 0 saturated carbocycles. The Morgan fingerprint density at radius 1 is 1.29 bits per heavy atom. The summed E-state index contributed by atoms with van der Waals surface area (Å²) in [6.45, 7) is 3.71. The Labute approximate surface area is 124 Å². The summed E-state index contributed by atoms with van der Waals surface area (Å²) in [6, 6.07) is 4.39. The number of rotatable bonds is 7. The molecule has 0 atom stereocenters. The molecule has 0 fully saturated rings. The van der Waals surface area contributed by atoms with Gasteiger partial charge in [0.15, 0.2) is 6.61 Å². The molecule has 1 aliphatic rings. The first-order valence-electron chi connectivity index (χ1n) is 6.80. The summed E-state index contributed by atoms with van der Waals surface area (Å²) in [5.41, 5.74) is 0.373. The minimum atomic E-state index is -3.60. The summed E-state index contributed by atoms with van der Waals surface area (Å²) < 4.78 is 32.0. The first kappa shape index (κ1) is 15.7. The van der Waals surface area contributed by atoms with E-state index in [0.717, 1.165) is 13.0 Å². The summed E-state index contributed by atoms with van der Waals surface area (Å²) >= 11 is 0. The highest BCUT2D eigenvalue weighted by Gasteiger charge is 2.20. The van der Waals surface area contributed by atoms with Crippen molar-refractivity contribution in [2.24, 2.45) is 0 Å². The molecule has 1 aromatic rings. The van der Waals surface area contributed by atoms with E-state index in [9.17, 15) is 13.2 Å². The van der Waals surface area contributed by atoms with Crippen LogP contribution in [0.1, 0.15) is 13.3 Å². The molecule has 1 aromatic carbocycles. The SMILES string of the molecule is CCCNCCNS(=O)(=O)c1ccc2c(c1)NC(=O)CO2. The number of anilines is 1. The average Bonchev–Trinajstić information content (AvgIpc) is 2.46. The lowest BCUT2D eigenvalue weighted by atomic mass is 10.2. The van der Waals surface area contributed by atoms with Crippen molar-refractivity contribution in [3.63, 3.8) is 0 Å². The van der Waals surface area contributed by atoms with E-state index >= 15 is 0 Å². The molecule has 1 aliphatic heterocycles. The number of amides is 1. The van der Waals surface area contributed by atoms with Crippen molar-refractivity contribution in [3.05, 3.63) is 18.2 Å². The van der Waals surface area contributed by atoms with Gasteiger partial charge in [0.2, 0.25) is 10.0 Å². The summed E-state index contributed by atoms with van der Waals surface area (Å²) in [5.74, 6) is 0.173. The van der Waals surface area contributed by atoms with E-state index in [1.807, 2.05) is 6.92 Å². The van der Waals surface area contributed by atoms with E-state index in [2.05, 4.69) is 15.4 Å². The highest BCUT2D eigenvalue weighted by molar-refractivity contribution is 7.89. The zero-order chi connectivity index (χ0) is 15.3. The molecule has 1 amide bonds. The minimum absolute atomic E-state index is 0.0551. The van der Waals surface area contributed by atoms with Gasteiger partial charge in [-0.05, 0) is 31.2 Å². The van der Waals surface area contributed by atoms with Crippen molar-refractivity contribution in [1.29, 1.82) is 0 Å². The fourth-order valence-corrected chi connectivity index (χ4v) is 2.95. The van der Waals surface area contributed by atoms with Crippen LogP contribution in [0.3, 0.4) is 0 Å². The van der Waals surface area contributed by atoms with Gasteiger partial charge in [-0.2, -0.15) is 0 Å². The number of fused-ring (bicyclic) bond motifs is 1. The van der Waals surface area contributed by atoms with Crippen molar-refractivity contribution in [2.75, 3.05) is 31.6 Å². The normalized spacial score (nSPS) is 14.2. The van der Waals surface area contributed by atoms with E-state index in [-0.39, 0.29) is 17.4 Å². The number of ether oxygens (including phenoxy) is 1. The van der Waals surface area contributed by atoms with Gasteiger partial charge in [-0.15, -0.1) is 0 Å². The third-order valence-corrected chi connectivity index (χ3v) is 4.37. The largest absolute Gasteiger partial charge is 0.482 e. The molecule has 3 N–H and O–H groups in total. The van der Waals surface area contributed by atoms with Crippen LogP contribution < -0.4 is 20.1 Å². The van der Waals surface area contributed by atoms with E-state index in [1.54, 1.807) is 6.07 Å². The lowest BCUT2D eigenvalue weighted by Gasteiger charge is -2.18. The van der Waals surface area contributed by atoms with Crippen LogP contribution in [0.4, 0.5) is 5.69 Å². The second-order valence-corrected chi connectivity index (χ2v) is 6.41. The quantitative estimate of drug-likeness (QED) is 0.629. The zero-order valence-corrected chi connectivity index (χ0v) is 12.6. The molecule has 116 valence electrons. The van der Waals surface area contributed by atoms with Crippen LogP contribution in [0.2, 0.25) is 0 Å². The van der Waals surface area contributed by atoms with E-state index in [1.165, 1.54) is 12.1 Å². The molecule has 2 rings (SSSR count). The second kappa shape index (κ2) is 6.88. The van der Waals surface area contributed by atoms with Crippen LogP contribution in [-0.2, 0) is 14.8 Å². The first-order chi connectivity index (χ1) is 10.0. The molecule has 1 heterocycles. The predicted molar refractivity (Wildman–Crippen MR) is 78.9 cm³/mol. The van der Waals surface area contributed by atoms with Gasteiger partial charge in [0, 0.05) is 13.1 Å². The van der Waals surface area contributed by atoms with Crippen LogP contribution in [0, 0.1) is 0 Å². The van der Waals surface area contributed by atoms with Gasteiger partial charge in [0.25, 0.3) is 5.91 Å². The Kier molecular flexibility index (Phi) is 5.16. The van der Waals surface area contributed by atoms with Gasteiger partial charge in [-0.1, -0.05) is 6.92 Å². The molecule has 0 spiro atoms. The van der Waals surface area contributed by atoms with Gasteiger partial charge >= 0.3 is 0 Å². The van der Waals surface area contributed by atoms with Crippen LogP contribution in [0.15, 0.2) is 23.1 Å². The maximum Gasteiger partial charge on any atom is 0.262 e. The minimum Gasteiger partial charge on any atom is -0.482 e. The summed E-state index contributed by atoms with van der Waals surface area (Å²) in [4.78, 5) is 11.3. The molecule has 21 heavy (non-hydrogen) atoms. The number of nitrogens with one attached hydrogen (secondary N) is 3. The number of hydrogen-bond acceptors (Lipinski definition) is 5.